The summed E-state index contributed by atoms with van der Waals surface area (Å²) in [6.07, 6.45) is 4.95. The SMILES string of the molecule is CC(C)n1ncc(N)c1C(=O)N1CCCCC1. The minimum absolute atomic E-state index is 0.0217. The third-order valence-corrected chi connectivity index (χ3v) is 3.16. The number of hydrogen-bond donors (Lipinski definition) is 1. The van der Waals surface area contributed by atoms with Crippen molar-refractivity contribution in [2.24, 2.45) is 0 Å². The lowest BCUT2D eigenvalue weighted by molar-refractivity contribution is 0.0711. The highest BCUT2D eigenvalue weighted by Crippen LogP contribution is 2.20. The molecule has 2 N–H and O–H groups in total. The molecule has 1 saturated heterocycles. The van der Waals surface area contributed by atoms with Gasteiger partial charge in [-0.15, -0.1) is 0 Å². The summed E-state index contributed by atoms with van der Waals surface area (Å²) in [5.41, 5.74) is 6.88. The van der Waals surface area contributed by atoms with E-state index >= 15 is 0 Å². The van der Waals surface area contributed by atoms with Crippen LogP contribution in [0.15, 0.2) is 6.20 Å². The molecular formula is C12H20N4O. The number of nitrogens with zero attached hydrogens (tertiary/aromatic N) is 3. The van der Waals surface area contributed by atoms with Crippen LogP contribution in [0.5, 0.6) is 0 Å². The zero-order valence-electron chi connectivity index (χ0n) is 10.5. The Bertz CT molecular complexity index is 405. The highest BCUT2D eigenvalue weighted by Gasteiger charge is 2.24. The quantitative estimate of drug-likeness (QED) is 0.849. The van der Waals surface area contributed by atoms with Crippen molar-refractivity contribution < 1.29 is 4.79 Å². The third kappa shape index (κ3) is 2.28. The van der Waals surface area contributed by atoms with Gasteiger partial charge in [-0.1, -0.05) is 0 Å². The Morgan fingerprint density at radius 1 is 1.35 bits per heavy atom. The number of nitrogens with two attached hydrogens (primary N) is 1. The molecule has 1 aromatic rings. The van der Waals surface area contributed by atoms with Gasteiger partial charge in [-0.2, -0.15) is 5.10 Å². The maximum atomic E-state index is 12.4. The molecule has 0 atom stereocenters. The lowest BCUT2D eigenvalue weighted by atomic mass is 10.1. The minimum Gasteiger partial charge on any atom is -0.396 e. The van der Waals surface area contributed by atoms with Crippen molar-refractivity contribution in [3.8, 4) is 0 Å². The Labute approximate surface area is 102 Å². The maximum absolute atomic E-state index is 12.4. The Kier molecular flexibility index (Phi) is 3.36. The Hall–Kier alpha value is -1.52. The number of likely N-dealkylation sites (tertiary alicyclic amines) is 1. The van der Waals surface area contributed by atoms with Crippen LogP contribution in [0.3, 0.4) is 0 Å². The number of piperidine rings is 1. The topological polar surface area (TPSA) is 64.2 Å². The van der Waals surface area contributed by atoms with Crippen LogP contribution in [0.25, 0.3) is 0 Å². The number of amides is 1. The fourth-order valence-electron chi connectivity index (χ4n) is 2.24. The van der Waals surface area contributed by atoms with Gasteiger partial charge < -0.3 is 10.6 Å². The molecule has 94 valence electrons. The summed E-state index contributed by atoms with van der Waals surface area (Å²) >= 11 is 0. The molecule has 1 aliphatic heterocycles. The van der Waals surface area contributed by atoms with Crippen molar-refractivity contribution in [1.82, 2.24) is 14.7 Å². The molecule has 5 heteroatoms. The van der Waals surface area contributed by atoms with Gasteiger partial charge in [0.1, 0.15) is 5.69 Å². The molecule has 0 unspecified atom stereocenters. The molecule has 17 heavy (non-hydrogen) atoms. The smallest absolute Gasteiger partial charge is 0.274 e. The maximum Gasteiger partial charge on any atom is 0.274 e. The van der Waals surface area contributed by atoms with Gasteiger partial charge in [0.2, 0.25) is 0 Å². The van der Waals surface area contributed by atoms with Crippen LogP contribution in [-0.2, 0) is 0 Å². The normalized spacial score (nSPS) is 16.5. The van der Waals surface area contributed by atoms with Crippen LogP contribution in [0.2, 0.25) is 0 Å². The summed E-state index contributed by atoms with van der Waals surface area (Å²) in [7, 11) is 0. The van der Waals surface area contributed by atoms with Crippen molar-refractivity contribution in [1.29, 1.82) is 0 Å². The van der Waals surface area contributed by atoms with Gasteiger partial charge in [-0.3, -0.25) is 9.48 Å². The molecule has 1 fully saturated rings. The fraction of sp³-hybridized carbons (Fsp3) is 0.667. The Morgan fingerprint density at radius 3 is 2.59 bits per heavy atom. The average molecular weight is 236 g/mol. The van der Waals surface area contributed by atoms with Crippen molar-refractivity contribution >= 4 is 11.6 Å². The van der Waals surface area contributed by atoms with Gasteiger partial charge in [0.25, 0.3) is 5.91 Å². The number of carbonyl (C=O) groups excluding carboxylic acids is 1. The van der Waals surface area contributed by atoms with Gasteiger partial charge in [0.15, 0.2) is 0 Å². The zero-order chi connectivity index (χ0) is 12.4. The van der Waals surface area contributed by atoms with Gasteiger partial charge in [-0.25, -0.2) is 0 Å². The molecule has 2 rings (SSSR count). The molecule has 0 aromatic carbocycles. The first-order chi connectivity index (χ1) is 8.11. The van der Waals surface area contributed by atoms with Crippen molar-refractivity contribution in [2.45, 2.75) is 39.2 Å². The number of aromatic nitrogens is 2. The van der Waals surface area contributed by atoms with Gasteiger partial charge in [0.05, 0.1) is 11.9 Å². The third-order valence-electron chi connectivity index (χ3n) is 3.16. The molecule has 5 nitrogen and oxygen atoms in total. The largest absolute Gasteiger partial charge is 0.396 e. The van der Waals surface area contributed by atoms with Crippen LogP contribution in [0.4, 0.5) is 5.69 Å². The molecule has 0 spiro atoms. The first-order valence-electron chi connectivity index (χ1n) is 6.23. The second-order valence-electron chi connectivity index (χ2n) is 4.84. The monoisotopic (exact) mass is 236 g/mol. The van der Waals surface area contributed by atoms with Crippen LogP contribution < -0.4 is 5.73 Å². The molecule has 1 amide bonds. The highest BCUT2D eigenvalue weighted by molar-refractivity contribution is 5.97. The molecule has 1 aliphatic rings. The van der Waals surface area contributed by atoms with E-state index in [2.05, 4.69) is 5.10 Å². The molecule has 0 aliphatic carbocycles. The van der Waals surface area contributed by atoms with Crippen LogP contribution in [0.1, 0.15) is 49.6 Å². The summed E-state index contributed by atoms with van der Waals surface area (Å²) in [4.78, 5) is 14.3. The summed E-state index contributed by atoms with van der Waals surface area (Å²) in [5, 5.41) is 4.18. The molecule has 0 radical (unpaired) electrons. The van der Waals surface area contributed by atoms with Crippen LogP contribution in [-0.4, -0.2) is 33.7 Å². The van der Waals surface area contributed by atoms with Crippen molar-refractivity contribution in [2.75, 3.05) is 18.8 Å². The van der Waals surface area contributed by atoms with E-state index in [1.54, 1.807) is 10.9 Å². The van der Waals surface area contributed by atoms with Crippen LogP contribution >= 0.6 is 0 Å². The Morgan fingerprint density at radius 2 is 2.00 bits per heavy atom. The number of hydrogen-bond acceptors (Lipinski definition) is 3. The van der Waals surface area contributed by atoms with E-state index in [-0.39, 0.29) is 11.9 Å². The molecule has 0 bridgehead atoms. The first kappa shape index (κ1) is 12.0. The van der Waals surface area contributed by atoms with Crippen LogP contribution in [0, 0.1) is 0 Å². The predicted octanol–water partition coefficient (Wildman–Crippen LogP) is 1.67. The zero-order valence-corrected chi connectivity index (χ0v) is 10.5. The van der Waals surface area contributed by atoms with E-state index in [1.807, 2.05) is 18.7 Å². The Balaban J connectivity index is 2.26. The van der Waals surface area contributed by atoms with E-state index in [0.717, 1.165) is 25.9 Å². The molecule has 0 saturated carbocycles. The minimum atomic E-state index is 0.0217. The summed E-state index contributed by atoms with van der Waals surface area (Å²) < 4.78 is 1.71. The number of carbonyl (C=O) groups is 1. The van der Waals surface area contributed by atoms with E-state index in [4.69, 9.17) is 5.73 Å². The van der Waals surface area contributed by atoms with E-state index in [0.29, 0.717) is 11.4 Å². The number of nitrogen functional groups attached to an aromatic ring is 1. The van der Waals surface area contributed by atoms with Gasteiger partial charge in [0, 0.05) is 19.1 Å². The van der Waals surface area contributed by atoms with E-state index in [1.165, 1.54) is 6.42 Å². The summed E-state index contributed by atoms with van der Waals surface area (Å²) in [5.74, 6) is 0.0217. The second kappa shape index (κ2) is 4.77. The fourth-order valence-corrected chi connectivity index (χ4v) is 2.24. The summed E-state index contributed by atoms with van der Waals surface area (Å²) in [6, 6.07) is 0.149. The van der Waals surface area contributed by atoms with Gasteiger partial charge in [-0.05, 0) is 33.1 Å². The standard InChI is InChI=1S/C12H20N4O/c1-9(2)16-11(10(13)8-14-16)12(17)15-6-4-3-5-7-15/h8-9H,3-7,13H2,1-2H3. The molecular weight excluding hydrogens is 216 g/mol. The van der Waals surface area contributed by atoms with Crippen molar-refractivity contribution in [3.05, 3.63) is 11.9 Å². The number of rotatable bonds is 2. The molecule has 2 heterocycles. The summed E-state index contributed by atoms with van der Waals surface area (Å²) in [6.45, 7) is 5.67. The van der Waals surface area contributed by atoms with Crippen molar-refractivity contribution in [3.63, 3.8) is 0 Å². The lowest BCUT2D eigenvalue weighted by Crippen LogP contribution is -2.37. The second-order valence-corrected chi connectivity index (χ2v) is 4.84. The van der Waals surface area contributed by atoms with E-state index in [9.17, 15) is 4.79 Å². The molecule has 1 aromatic heterocycles. The average Bonchev–Trinajstić information content (AvgIpc) is 2.71. The van der Waals surface area contributed by atoms with Gasteiger partial charge >= 0.3 is 0 Å². The van der Waals surface area contributed by atoms with E-state index < -0.39 is 0 Å². The lowest BCUT2D eigenvalue weighted by Gasteiger charge is -2.27. The first-order valence-corrected chi connectivity index (χ1v) is 6.23. The number of anilines is 1. The highest BCUT2D eigenvalue weighted by atomic mass is 16.2. The predicted molar refractivity (Wildman–Crippen MR) is 66.8 cm³/mol.